The lowest BCUT2D eigenvalue weighted by molar-refractivity contribution is 0.312. The number of nitrogens with zero attached hydrogens (tertiary/aromatic N) is 1. The third-order valence-corrected chi connectivity index (χ3v) is 2.94. The highest BCUT2D eigenvalue weighted by Gasteiger charge is 2.08. The van der Waals surface area contributed by atoms with E-state index in [1.807, 2.05) is 19.1 Å². The van der Waals surface area contributed by atoms with Crippen molar-refractivity contribution in [2.75, 3.05) is 6.61 Å². The molecule has 0 aromatic heterocycles. The van der Waals surface area contributed by atoms with Gasteiger partial charge in [-0.2, -0.15) is 0 Å². The lowest BCUT2D eigenvalue weighted by Crippen LogP contribution is -2.01. The number of ether oxygens (including phenoxy) is 1. The van der Waals surface area contributed by atoms with Crippen LogP contribution in [0.5, 0.6) is 5.75 Å². The molecule has 0 saturated carbocycles. The van der Waals surface area contributed by atoms with Crippen LogP contribution in [-0.4, -0.2) is 18.0 Å². The number of oxime groups is 1. The van der Waals surface area contributed by atoms with E-state index < -0.39 is 0 Å². The Morgan fingerprint density at radius 3 is 2.93 bits per heavy atom. The van der Waals surface area contributed by atoms with Crippen LogP contribution in [0, 0.1) is 3.57 Å². The van der Waals surface area contributed by atoms with Crippen molar-refractivity contribution >= 4 is 44.7 Å². The third-order valence-electron chi connectivity index (χ3n) is 1.68. The summed E-state index contributed by atoms with van der Waals surface area (Å²) in [6.45, 7) is 2.70. The van der Waals surface area contributed by atoms with E-state index in [2.05, 4.69) is 43.7 Å². The Kier molecular flexibility index (Phi) is 5.38. The van der Waals surface area contributed by atoms with E-state index in [0.717, 1.165) is 25.8 Å². The topological polar surface area (TPSA) is 41.8 Å². The van der Waals surface area contributed by atoms with Gasteiger partial charge in [0, 0.05) is 10.0 Å². The van der Waals surface area contributed by atoms with Crippen LogP contribution in [0.3, 0.4) is 0 Å². The number of rotatable bonds is 4. The molecule has 15 heavy (non-hydrogen) atoms. The highest BCUT2D eigenvalue weighted by Crippen LogP contribution is 2.29. The first-order valence-electron chi connectivity index (χ1n) is 4.48. The van der Waals surface area contributed by atoms with Gasteiger partial charge in [0.2, 0.25) is 0 Å². The minimum absolute atomic E-state index is 0.657. The molecule has 0 aliphatic heterocycles. The Morgan fingerprint density at radius 2 is 2.33 bits per heavy atom. The summed E-state index contributed by atoms with van der Waals surface area (Å²) in [5, 5.41) is 11.6. The first-order chi connectivity index (χ1) is 7.19. The normalized spacial score (nSPS) is 10.9. The van der Waals surface area contributed by atoms with Crippen LogP contribution in [-0.2, 0) is 0 Å². The molecule has 0 spiro atoms. The van der Waals surface area contributed by atoms with Crippen LogP contribution >= 0.6 is 38.5 Å². The molecule has 1 N–H and O–H groups in total. The molecule has 0 bridgehead atoms. The lowest BCUT2D eigenvalue weighted by atomic mass is 10.2. The summed E-state index contributed by atoms with van der Waals surface area (Å²) in [5.41, 5.74) is 0.768. The van der Waals surface area contributed by atoms with Crippen LogP contribution in [0.1, 0.15) is 18.9 Å². The number of hydrogen-bond acceptors (Lipinski definition) is 3. The van der Waals surface area contributed by atoms with Crippen LogP contribution < -0.4 is 4.74 Å². The maximum absolute atomic E-state index is 8.55. The average Bonchev–Trinajstić information content (AvgIpc) is 2.17. The van der Waals surface area contributed by atoms with Gasteiger partial charge in [0.05, 0.1) is 16.4 Å². The number of benzene rings is 1. The zero-order valence-electron chi connectivity index (χ0n) is 8.20. The average molecular weight is 384 g/mol. The highest BCUT2D eigenvalue weighted by molar-refractivity contribution is 14.1. The fourth-order valence-corrected chi connectivity index (χ4v) is 2.80. The molecule has 1 rings (SSSR count). The molecule has 0 atom stereocenters. The van der Waals surface area contributed by atoms with Gasteiger partial charge < -0.3 is 9.94 Å². The van der Waals surface area contributed by atoms with Gasteiger partial charge in [0.15, 0.2) is 0 Å². The maximum Gasteiger partial charge on any atom is 0.141 e. The molecule has 0 fully saturated rings. The van der Waals surface area contributed by atoms with E-state index in [-0.39, 0.29) is 0 Å². The van der Waals surface area contributed by atoms with Crippen molar-refractivity contribution in [3.63, 3.8) is 0 Å². The first-order valence-corrected chi connectivity index (χ1v) is 6.35. The zero-order chi connectivity index (χ0) is 11.3. The van der Waals surface area contributed by atoms with Gasteiger partial charge in [-0.05, 0) is 41.1 Å². The molecule has 1 aromatic rings. The standard InChI is InChI=1S/C10H11BrINO2/c1-2-3-15-10-7(6-13-14)4-8(11)5-9(10)12/h4-6,14H,2-3H2,1H3/b13-6+. The van der Waals surface area contributed by atoms with Crippen molar-refractivity contribution in [3.8, 4) is 5.75 Å². The van der Waals surface area contributed by atoms with E-state index in [9.17, 15) is 0 Å². The van der Waals surface area contributed by atoms with Gasteiger partial charge in [0.25, 0.3) is 0 Å². The summed E-state index contributed by atoms with van der Waals surface area (Å²) in [4.78, 5) is 0. The summed E-state index contributed by atoms with van der Waals surface area (Å²) >= 11 is 5.57. The van der Waals surface area contributed by atoms with Gasteiger partial charge in [-0.15, -0.1) is 0 Å². The smallest absolute Gasteiger partial charge is 0.141 e. The predicted octanol–water partition coefficient (Wildman–Crippen LogP) is 3.65. The molecule has 0 aliphatic rings. The predicted molar refractivity (Wildman–Crippen MR) is 72.0 cm³/mol. The van der Waals surface area contributed by atoms with Gasteiger partial charge in [-0.25, -0.2) is 0 Å². The Labute approximate surface area is 111 Å². The molecular weight excluding hydrogens is 373 g/mol. The van der Waals surface area contributed by atoms with Crippen molar-refractivity contribution in [3.05, 3.63) is 25.7 Å². The first kappa shape index (κ1) is 12.8. The summed E-state index contributed by atoms with van der Waals surface area (Å²) in [5.74, 6) is 0.762. The largest absolute Gasteiger partial charge is 0.492 e. The molecule has 0 saturated heterocycles. The quantitative estimate of drug-likeness (QED) is 0.373. The van der Waals surface area contributed by atoms with Crippen molar-refractivity contribution in [2.24, 2.45) is 5.16 Å². The Morgan fingerprint density at radius 1 is 1.60 bits per heavy atom. The van der Waals surface area contributed by atoms with E-state index in [1.54, 1.807) is 0 Å². The second-order valence-electron chi connectivity index (χ2n) is 2.90. The Balaban J connectivity index is 3.08. The molecule has 0 radical (unpaired) electrons. The van der Waals surface area contributed by atoms with Gasteiger partial charge in [-0.1, -0.05) is 28.0 Å². The fraction of sp³-hybridized carbons (Fsp3) is 0.300. The summed E-state index contributed by atoms with van der Waals surface area (Å²) in [7, 11) is 0. The second kappa shape index (κ2) is 6.32. The van der Waals surface area contributed by atoms with Crippen molar-refractivity contribution < 1.29 is 9.94 Å². The number of hydrogen-bond donors (Lipinski definition) is 1. The van der Waals surface area contributed by atoms with Crippen LogP contribution in [0.15, 0.2) is 21.8 Å². The van der Waals surface area contributed by atoms with Crippen molar-refractivity contribution in [1.82, 2.24) is 0 Å². The minimum atomic E-state index is 0.657. The molecule has 0 aliphatic carbocycles. The van der Waals surface area contributed by atoms with Gasteiger partial charge in [-0.3, -0.25) is 0 Å². The van der Waals surface area contributed by atoms with Crippen molar-refractivity contribution in [1.29, 1.82) is 0 Å². The molecule has 0 unspecified atom stereocenters. The van der Waals surface area contributed by atoms with E-state index in [4.69, 9.17) is 9.94 Å². The van der Waals surface area contributed by atoms with Gasteiger partial charge >= 0.3 is 0 Å². The molecular formula is C10H11BrINO2. The third kappa shape index (κ3) is 3.64. The molecule has 0 heterocycles. The summed E-state index contributed by atoms with van der Waals surface area (Å²) in [6.07, 6.45) is 2.32. The van der Waals surface area contributed by atoms with Crippen molar-refractivity contribution in [2.45, 2.75) is 13.3 Å². The van der Waals surface area contributed by atoms with Gasteiger partial charge in [0.1, 0.15) is 5.75 Å². The molecule has 82 valence electrons. The summed E-state index contributed by atoms with van der Waals surface area (Å²) < 4.78 is 7.52. The maximum atomic E-state index is 8.55. The Hall–Kier alpha value is -0.300. The molecule has 3 nitrogen and oxygen atoms in total. The Bertz CT molecular complexity index is 369. The number of halogens is 2. The SMILES string of the molecule is CCCOc1c(I)cc(Br)cc1/C=N/O. The second-order valence-corrected chi connectivity index (χ2v) is 4.98. The summed E-state index contributed by atoms with van der Waals surface area (Å²) in [6, 6.07) is 3.81. The van der Waals surface area contributed by atoms with Crippen LogP contribution in [0.2, 0.25) is 0 Å². The lowest BCUT2D eigenvalue weighted by Gasteiger charge is -2.10. The highest BCUT2D eigenvalue weighted by atomic mass is 127. The van der Waals surface area contributed by atoms with E-state index >= 15 is 0 Å². The van der Waals surface area contributed by atoms with Crippen LogP contribution in [0.25, 0.3) is 0 Å². The molecule has 5 heteroatoms. The van der Waals surface area contributed by atoms with Crippen LogP contribution in [0.4, 0.5) is 0 Å². The minimum Gasteiger partial charge on any atom is -0.492 e. The zero-order valence-corrected chi connectivity index (χ0v) is 11.9. The monoisotopic (exact) mass is 383 g/mol. The van der Waals surface area contributed by atoms with E-state index in [0.29, 0.717) is 6.61 Å². The van der Waals surface area contributed by atoms with E-state index in [1.165, 1.54) is 6.21 Å². The molecule has 0 amide bonds. The molecule has 1 aromatic carbocycles. The fourth-order valence-electron chi connectivity index (χ4n) is 1.09.